The van der Waals surface area contributed by atoms with Crippen molar-refractivity contribution in [2.75, 3.05) is 25.0 Å². The fourth-order valence-electron chi connectivity index (χ4n) is 3.39. The van der Waals surface area contributed by atoms with Crippen LogP contribution in [0.2, 0.25) is 0 Å². The van der Waals surface area contributed by atoms with E-state index in [4.69, 9.17) is 4.74 Å². The largest absolute Gasteiger partial charge is 0.477 e. The molecule has 2 N–H and O–H groups in total. The van der Waals surface area contributed by atoms with E-state index in [1.54, 1.807) is 7.05 Å². The minimum absolute atomic E-state index is 0.0425. The van der Waals surface area contributed by atoms with Gasteiger partial charge in [0.15, 0.2) is 6.10 Å². The lowest BCUT2D eigenvalue weighted by molar-refractivity contribution is -0.127. The summed E-state index contributed by atoms with van der Waals surface area (Å²) in [7, 11) is 1.58. The van der Waals surface area contributed by atoms with Crippen molar-refractivity contribution < 1.29 is 14.3 Å². The molecule has 28 heavy (non-hydrogen) atoms. The molecule has 0 saturated heterocycles. The maximum atomic E-state index is 12.8. The van der Waals surface area contributed by atoms with Crippen molar-refractivity contribution >= 4 is 17.5 Å². The first-order valence-corrected chi connectivity index (χ1v) is 9.60. The fraction of sp³-hybridized carbons (Fsp3) is 0.364. The van der Waals surface area contributed by atoms with Gasteiger partial charge in [-0.1, -0.05) is 48.9 Å². The average molecular weight is 381 g/mol. The van der Waals surface area contributed by atoms with E-state index < -0.39 is 6.10 Å². The Morgan fingerprint density at radius 2 is 1.89 bits per heavy atom. The number of ether oxygens (including phenoxy) is 1. The maximum absolute atomic E-state index is 12.8. The normalized spacial score (nSPS) is 16.5. The van der Waals surface area contributed by atoms with Crippen LogP contribution in [0.25, 0.3) is 0 Å². The predicted octanol–water partition coefficient (Wildman–Crippen LogP) is 2.58. The highest BCUT2D eigenvalue weighted by Crippen LogP contribution is 2.33. The van der Waals surface area contributed by atoms with Gasteiger partial charge in [0.25, 0.3) is 5.91 Å². The van der Waals surface area contributed by atoms with Crippen LogP contribution in [0.5, 0.6) is 5.75 Å². The van der Waals surface area contributed by atoms with Gasteiger partial charge >= 0.3 is 0 Å². The summed E-state index contributed by atoms with van der Waals surface area (Å²) < 4.78 is 5.79. The number of nitrogens with zero attached hydrogens (tertiary/aromatic N) is 1. The summed E-state index contributed by atoms with van der Waals surface area (Å²) in [6.07, 6.45) is 0.154. The Morgan fingerprint density at radius 1 is 1.18 bits per heavy atom. The van der Waals surface area contributed by atoms with Crippen LogP contribution < -0.4 is 20.3 Å². The van der Waals surface area contributed by atoms with Gasteiger partial charge in [-0.25, -0.2) is 0 Å². The molecule has 2 atom stereocenters. The molecule has 0 saturated carbocycles. The molecule has 0 radical (unpaired) electrons. The van der Waals surface area contributed by atoms with E-state index in [-0.39, 0.29) is 24.4 Å². The molecule has 3 rings (SSSR count). The van der Waals surface area contributed by atoms with E-state index in [2.05, 4.69) is 41.8 Å². The van der Waals surface area contributed by atoms with Crippen LogP contribution in [0.4, 0.5) is 5.69 Å². The number of hydrogen-bond donors (Lipinski definition) is 2. The SMILES string of the molecule is CC[C@@H](NC(=O)CN1C[C@H](C(=O)NC)Oc2ccccc21)c1ccc(C)cc1. The number of para-hydroxylation sites is 2. The highest BCUT2D eigenvalue weighted by Gasteiger charge is 2.31. The maximum Gasteiger partial charge on any atom is 0.262 e. The van der Waals surface area contributed by atoms with Gasteiger partial charge in [-0.15, -0.1) is 0 Å². The summed E-state index contributed by atoms with van der Waals surface area (Å²) in [5.41, 5.74) is 3.10. The first-order chi connectivity index (χ1) is 13.5. The van der Waals surface area contributed by atoms with Crippen LogP contribution in [0.3, 0.4) is 0 Å². The molecule has 2 aromatic carbocycles. The van der Waals surface area contributed by atoms with Crippen molar-refractivity contribution in [2.45, 2.75) is 32.4 Å². The molecule has 148 valence electrons. The highest BCUT2D eigenvalue weighted by atomic mass is 16.5. The number of amides is 2. The monoisotopic (exact) mass is 381 g/mol. The Bertz CT molecular complexity index is 835. The summed E-state index contributed by atoms with van der Waals surface area (Å²) in [5.74, 6) is 0.325. The lowest BCUT2D eigenvalue weighted by atomic mass is 10.0. The second kappa shape index (κ2) is 8.78. The zero-order chi connectivity index (χ0) is 20.1. The van der Waals surface area contributed by atoms with Crippen LogP contribution in [0, 0.1) is 6.92 Å². The fourth-order valence-corrected chi connectivity index (χ4v) is 3.39. The van der Waals surface area contributed by atoms with Crippen LogP contribution in [-0.2, 0) is 9.59 Å². The number of rotatable bonds is 6. The number of aryl methyl sites for hydroxylation is 1. The Balaban J connectivity index is 1.72. The second-order valence-electron chi connectivity index (χ2n) is 7.01. The third-order valence-corrected chi connectivity index (χ3v) is 4.96. The molecule has 0 spiro atoms. The quantitative estimate of drug-likeness (QED) is 0.807. The van der Waals surface area contributed by atoms with Gasteiger partial charge in [0.2, 0.25) is 5.91 Å². The minimum Gasteiger partial charge on any atom is -0.477 e. The molecular formula is C22H27N3O3. The Labute approximate surface area is 165 Å². The molecule has 0 aromatic heterocycles. The summed E-state index contributed by atoms with van der Waals surface area (Å²) >= 11 is 0. The summed E-state index contributed by atoms with van der Waals surface area (Å²) in [6.45, 7) is 4.58. The summed E-state index contributed by atoms with van der Waals surface area (Å²) in [4.78, 5) is 26.8. The van der Waals surface area contributed by atoms with Gasteiger partial charge in [0.05, 0.1) is 24.8 Å². The lowest BCUT2D eigenvalue weighted by Crippen LogP contribution is -2.50. The molecule has 0 aliphatic carbocycles. The average Bonchev–Trinajstić information content (AvgIpc) is 2.72. The molecule has 0 bridgehead atoms. The molecule has 6 heteroatoms. The standard InChI is InChI=1S/C22H27N3O3/c1-4-17(16-11-9-15(2)10-12-16)24-21(26)14-25-13-20(22(27)23-3)28-19-8-6-5-7-18(19)25/h5-12,17,20H,4,13-14H2,1-3H3,(H,23,27)(H,24,26)/t17-,20-/m1/s1. The Kier molecular flexibility index (Phi) is 6.19. The van der Waals surface area contributed by atoms with Crippen LogP contribution in [0.15, 0.2) is 48.5 Å². The van der Waals surface area contributed by atoms with Gasteiger partial charge in [0.1, 0.15) is 5.75 Å². The van der Waals surface area contributed by atoms with Crippen LogP contribution in [0.1, 0.15) is 30.5 Å². The van der Waals surface area contributed by atoms with Crippen molar-refractivity contribution in [3.63, 3.8) is 0 Å². The topological polar surface area (TPSA) is 70.7 Å². The molecular weight excluding hydrogens is 354 g/mol. The third-order valence-electron chi connectivity index (χ3n) is 4.96. The van der Waals surface area contributed by atoms with E-state index in [9.17, 15) is 9.59 Å². The molecule has 0 fully saturated rings. The zero-order valence-corrected chi connectivity index (χ0v) is 16.6. The van der Waals surface area contributed by atoms with Crippen molar-refractivity contribution in [2.24, 2.45) is 0 Å². The number of carbonyl (C=O) groups excluding carboxylic acids is 2. The van der Waals surface area contributed by atoms with Gasteiger partial charge < -0.3 is 20.3 Å². The van der Waals surface area contributed by atoms with Crippen molar-refractivity contribution in [3.05, 3.63) is 59.7 Å². The Morgan fingerprint density at radius 3 is 2.57 bits per heavy atom. The van der Waals surface area contributed by atoms with Gasteiger partial charge in [0, 0.05) is 7.05 Å². The van der Waals surface area contributed by atoms with E-state index in [1.807, 2.05) is 36.1 Å². The number of anilines is 1. The first kappa shape index (κ1) is 19.7. The van der Waals surface area contributed by atoms with E-state index in [0.717, 1.165) is 17.7 Å². The number of likely N-dealkylation sites (N-methyl/N-ethyl adjacent to an activating group) is 1. The van der Waals surface area contributed by atoms with Crippen molar-refractivity contribution in [1.82, 2.24) is 10.6 Å². The predicted molar refractivity (Wildman–Crippen MR) is 109 cm³/mol. The van der Waals surface area contributed by atoms with E-state index in [1.165, 1.54) is 5.56 Å². The number of benzene rings is 2. The van der Waals surface area contributed by atoms with Crippen LogP contribution in [-0.4, -0.2) is 38.1 Å². The first-order valence-electron chi connectivity index (χ1n) is 9.60. The van der Waals surface area contributed by atoms with Gasteiger partial charge in [-0.05, 0) is 31.0 Å². The van der Waals surface area contributed by atoms with E-state index in [0.29, 0.717) is 12.3 Å². The zero-order valence-electron chi connectivity index (χ0n) is 16.6. The van der Waals surface area contributed by atoms with E-state index >= 15 is 0 Å². The molecule has 2 amide bonds. The number of hydrogen-bond acceptors (Lipinski definition) is 4. The smallest absolute Gasteiger partial charge is 0.262 e. The van der Waals surface area contributed by atoms with Gasteiger partial charge in [-0.2, -0.15) is 0 Å². The molecule has 1 aliphatic rings. The number of fused-ring (bicyclic) bond motifs is 1. The molecule has 1 heterocycles. The van der Waals surface area contributed by atoms with Gasteiger partial charge in [-0.3, -0.25) is 9.59 Å². The lowest BCUT2D eigenvalue weighted by Gasteiger charge is -2.35. The summed E-state index contributed by atoms with van der Waals surface area (Å²) in [5, 5.41) is 5.73. The van der Waals surface area contributed by atoms with Crippen LogP contribution >= 0.6 is 0 Å². The minimum atomic E-state index is -0.647. The number of carbonyl (C=O) groups is 2. The van der Waals surface area contributed by atoms with Crippen molar-refractivity contribution in [3.8, 4) is 5.75 Å². The number of nitrogens with one attached hydrogen (secondary N) is 2. The molecule has 2 aromatic rings. The summed E-state index contributed by atoms with van der Waals surface area (Å²) in [6, 6.07) is 15.6. The second-order valence-corrected chi connectivity index (χ2v) is 7.01. The molecule has 0 unspecified atom stereocenters. The Hall–Kier alpha value is -3.02. The molecule has 6 nitrogen and oxygen atoms in total. The van der Waals surface area contributed by atoms with Crippen molar-refractivity contribution in [1.29, 1.82) is 0 Å². The highest BCUT2D eigenvalue weighted by molar-refractivity contribution is 5.86. The molecule has 1 aliphatic heterocycles. The third kappa shape index (κ3) is 4.44.